The first kappa shape index (κ1) is 17.4. The van der Waals surface area contributed by atoms with Gasteiger partial charge in [-0.05, 0) is 32.1 Å². The summed E-state index contributed by atoms with van der Waals surface area (Å²) in [7, 11) is 0. The van der Waals surface area contributed by atoms with E-state index in [1.54, 1.807) is 0 Å². The van der Waals surface area contributed by atoms with E-state index in [1.807, 2.05) is 13.8 Å². The quantitative estimate of drug-likeness (QED) is 0.640. The molecule has 1 rings (SSSR count). The summed E-state index contributed by atoms with van der Waals surface area (Å²) in [5.74, 6) is 0.0940. The van der Waals surface area contributed by atoms with E-state index in [9.17, 15) is 4.79 Å². The van der Waals surface area contributed by atoms with Crippen LogP contribution in [0.4, 0.5) is 0 Å². The molecule has 20 heavy (non-hydrogen) atoms. The molecule has 0 unspecified atom stereocenters. The molecule has 0 spiro atoms. The van der Waals surface area contributed by atoms with Crippen molar-refractivity contribution in [1.29, 1.82) is 0 Å². The van der Waals surface area contributed by atoms with Crippen LogP contribution in [0.2, 0.25) is 0 Å². The van der Waals surface area contributed by atoms with E-state index in [0.717, 1.165) is 39.0 Å². The Kier molecular flexibility index (Phi) is 6.43. The lowest BCUT2D eigenvalue weighted by atomic mass is 9.87. The summed E-state index contributed by atoms with van der Waals surface area (Å²) in [5, 5.41) is 15.3. The predicted octanol–water partition coefficient (Wildman–Crippen LogP) is 0.585. The summed E-state index contributed by atoms with van der Waals surface area (Å²) >= 11 is 0. The van der Waals surface area contributed by atoms with Gasteiger partial charge in [-0.2, -0.15) is 0 Å². The third-order valence-corrected chi connectivity index (χ3v) is 4.20. The van der Waals surface area contributed by atoms with Crippen molar-refractivity contribution in [3.05, 3.63) is 0 Å². The molecule has 1 aliphatic rings. The minimum absolute atomic E-state index is 0.0257. The Hall–Kier alpha value is -0.650. The zero-order valence-corrected chi connectivity index (χ0v) is 13.5. The number of rotatable bonds is 7. The summed E-state index contributed by atoms with van der Waals surface area (Å²) in [4.78, 5) is 14.7. The summed E-state index contributed by atoms with van der Waals surface area (Å²) in [6.45, 7) is 12.8. The monoisotopic (exact) mass is 285 g/mol. The normalized spacial score (nSPS) is 18.1. The molecule has 1 aliphatic heterocycles. The number of nitrogens with zero attached hydrogens (tertiary/aromatic N) is 1. The zero-order valence-electron chi connectivity index (χ0n) is 13.5. The van der Waals surface area contributed by atoms with Crippen molar-refractivity contribution in [3.8, 4) is 0 Å². The second-order valence-corrected chi connectivity index (χ2v) is 6.97. The van der Waals surface area contributed by atoms with E-state index in [0.29, 0.717) is 6.54 Å². The van der Waals surface area contributed by atoms with Crippen molar-refractivity contribution >= 4 is 5.91 Å². The van der Waals surface area contributed by atoms with Crippen molar-refractivity contribution in [1.82, 2.24) is 15.5 Å². The topological polar surface area (TPSA) is 64.6 Å². The molecule has 0 atom stereocenters. The number of piperazine rings is 1. The fraction of sp³-hybridized carbons (Fsp3) is 0.933. The Labute approximate surface area is 123 Å². The van der Waals surface area contributed by atoms with Crippen molar-refractivity contribution in [2.45, 2.75) is 46.1 Å². The second-order valence-electron chi connectivity index (χ2n) is 6.97. The van der Waals surface area contributed by atoms with Crippen LogP contribution in [0.15, 0.2) is 0 Å². The third-order valence-electron chi connectivity index (χ3n) is 4.20. The van der Waals surface area contributed by atoms with Crippen LogP contribution in [0.25, 0.3) is 0 Å². The standard InChI is InChI=1S/C15H31N3O2/c1-14(2,6-5-11-19)12-17-13(20)15(3,4)18-9-7-16-8-10-18/h16,19H,5-12H2,1-4H3,(H,17,20). The smallest absolute Gasteiger partial charge is 0.239 e. The van der Waals surface area contributed by atoms with Crippen LogP contribution >= 0.6 is 0 Å². The Morgan fingerprint density at radius 3 is 2.40 bits per heavy atom. The molecule has 1 saturated heterocycles. The first-order valence-corrected chi connectivity index (χ1v) is 7.64. The second kappa shape index (κ2) is 7.38. The number of hydrogen-bond acceptors (Lipinski definition) is 4. The van der Waals surface area contributed by atoms with Crippen LogP contribution in [0, 0.1) is 5.41 Å². The SMILES string of the molecule is CC(C)(CCCO)CNC(=O)C(C)(C)N1CCNCC1. The maximum Gasteiger partial charge on any atom is 0.239 e. The zero-order chi connectivity index (χ0) is 15.2. The molecule has 3 N–H and O–H groups in total. The molecule has 118 valence electrons. The molecule has 0 aromatic heterocycles. The average Bonchev–Trinajstić information content (AvgIpc) is 2.43. The van der Waals surface area contributed by atoms with Gasteiger partial charge >= 0.3 is 0 Å². The van der Waals surface area contributed by atoms with Crippen LogP contribution in [-0.4, -0.2) is 60.8 Å². The fourth-order valence-corrected chi connectivity index (χ4v) is 2.55. The van der Waals surface area contributed by atoms with Gasteiger partial charge in [0.1, 0.15) is 0 Å². The van der Waals surface area contributed by atoms with Gasteiger partial charge in [-0.3, -0.25) is 9.69 Å². The molecule has 0 aromatic carbocycles. The van der Waals surface area contributed by atoms with Gasteiger partial charge in [0.25, 0.3) is 0 Å². The first-order valence-electron chi connectivity index (χ1n) is 7.64. The lowest BCUT2D eigenvalue weighted by molar-refractivity contribution is -0.132. The molecule has 1 amide bonds. The maximum absolute atomic E-state index is 12.5. The van der Waals surface area contributed by atoms with Gasteiger partial charge in [0.15, 0.2) is 0 Å². The minimum atomic E-state index is -0.463. The maximum atomic E-state index is 12.5. The first-order chi connectivity index (χ1) is 9.29. The van der Waals surface area contributed by atoms with E-state index >= 15 is 0 Å². The number of carbonyl (C=O) groups is 1. The van der Waals surface area contributed by atoms with Crippen LogP contribution in [0.1, 0.15) is 40.5 Å². The number of aliphatic hydroxyl groups is 1. The van der Waals surface area contributed by atoms with E-state index in [4.69, 9.17) is 5.11 Å². The molecule has 5 heteroatoms. The van der Waals surface area contributed by atoms with Gasteiger partial charge in [-0.25, -0.2) is 0 Å². The van der Waals surface area contributed by atoms with Gasteiger partial charge in [0, 0.05) is 39.3 Å². The molecular weight excluding hydrogens is 254 g/mol. The molecular formula is C15H31N3O2. The number of carbonyl (C=O) groups excluding carboxylic acids is 1. The molecule has 0 radical (unpaired) electrons. The summed E-state index contributed by atoms with van der Waals surface area (Å²) in [5.41, 5.74) is -0.437. The van der Waals surface area contributed by atoms with Crippen LogP contribution in [0.3, 0.4) is 0 Å². The van der Waals surface area contributed by atoms with Crippen LogP contribution in [-0.2, 0) is 4.79 Å². The van der Waals surface area contributed by atoms with E-state index < -0.39 is 5.54 Å². The molecule has 0 saturated carbocycles. The predicted molar refractivity (Wildman–Crippen MR) is 81.6 cm³/mol. The summed E-state index contributed by atoms with van der Waals surface area (Å²) in [6, 6.07) is 0. The summed E-state index contributed by atoms with van der Waals surface area (Å²) in [6.07, 6.45) is 1.70. The highest BCUT2D eigenvalue weighted by Gasteiger charge is 2.35. The van der Waals surface area contributed by atoms with Crippen LogP contribution < -0.4 is 10.6 Å². The molecule has 0 bridgehead atoms. The fourth-order valence-electron chi connectivity index (χ4n) is 2.55. The molecule has 0 aliphatic carbocycles. The molecule has 0 aromatic rings. The van der Waals surface area contributed by atoms with Crippen molar-refractivity contribution in [2.75, 3.05) is 39.3 Å². The van der Waals surface area contributed by atoms with Gasteiger partial charge in [-0.1, -0.05) is 13.8 Å². The Morgan fingerprint density at radius 2 is 1.85 bits per heavy atom. The number of amides is 1. The average molecular weight is 285 g/mol. The number of hydrogen-bond donors (Lipinski definition) is 3. The van der Waals surface area contributed by atoms with E-state index in [2.05, 4.69) is 29.4 Å². The van der Waals surface area contributed by atoms with Crippen molar-refractivity contribution < 1.29 is 9.90 Å². The highest BCUT2D eigenvalue weighted by atomic mass is 16.2. The number of aliphatic hydroxyl groups excluding tert-OH is 1. The highest BCUT2D eigenvalue weighted by Crippen LogP contribution is 2.22. The van der Waals surface area contributed by atoms with Crippen molar-refractivity contribution in [3.63, 3.8) is 0 Å². The lowest BCUT2D eigenvalue weighted by Gasteiger charge is -2.40. The van der Waals surface area contributed by atoms with Gasteiger partial charge < -0.3 is 15.7 Å². The van der Waals surface area contributed by atoms with Crippen LogP contribution in [0.5, 0.6) is 0 Å². The van der Waals surface area contributed by atoms with Gasteiger partial charge in [0.2, 0.25) is 5.91 Å². The highest BCUT2D eigenvalue weighted by molar-refractivity contribution is 5.85. The van der Waals surface area contributed by atoms with Crippen molar-refractivity contribution in [2.24, 2.45) is 5.41 Å². The number of nitrogens with one attached hydrogen (secondary N) is 2. The summed E-state index contributed by atoms with van der Waals surface area (Å²) < 4.78 is 0. The lowest BCUT2D eigenvalue weighted by Crippen LogP contribution is -2.60. The molecule has 1 heterocycles. The third kappa shape index (κ3) is 5.04. The largest absolute Gasteiger partial charge is 0.396 e. The molecule has 5 nitrogen and oxygen atoms in total. The molecule has 1 fully saturated rings. The van der Waals surface area contributed by atoms with E-state index in [1.165, 1.54) is 0 Å². The Bertz CT molecular complexity index is 310. The minimum Gasteiger partial charge on any atom is -0.396 e. The Balaban J connectivity index is 2.47. The van der Waals surface area contributed by atoms with Gasteiger partial charge in [-0.15, -0.1) is 0 Å². The van der Waals surface area contributed by atoms with E-state index in [-0.39, 0.29) is 17.9 Å². The van der Waals surface area contributed by atoms with Gasteiger partial charge in [0.05, 0.1) is 5.54 Å². The Morgan fingerprint density at radius 1 is 1.25 bits per heavy atom.